The van der Waals surface area contributed by atoms with E-state index in [0.717, 1.165) is 51.4 Å². The first kappa shape index (κ1) is 53.8. The molecule has 1 aliphatic heterocycles. The summed E-state index contributed by atoms with van der Waals surface area (Å²) in [7, 11) is 1.45. The number of phenolic OH excluding ortho intramolecular Hbond substituents is 2. The third-order valence-corrected chi connectivity index (χ3v) is 12.8. The molecular formula is C49H65NO18. The molecule has 68 heavy (non-hydrogen) atoms. The molecule has 0 aromatic heterocycles. The molecular weight excluding hydrogens is 891 g/mol. The van der Waals surface area contributed by atoms with Crippen LogP contribution in [0.25, 0.3) is 0 Å². The zero-order valence-corrected chi connectivity index (χ0v) is 38.8. The van der Waals surface area contributed by atoms with E-state index in [-0.39, 0.29) is 72.2 Å². The van der Waals surface area contributed by atoms with Gasteiger partial charge in [-0.15, -0.1) is 0 Å². The van der Waals surface area contributed by atoms with Crippen LogP contribution in [0.5, 0.6) is 11.5 Å². The Labute approximate surface area is 394 Å². The summed E-state index contributed by atoms with van der Waals surface area (Å²) < 4.78 is 26.6. The lowest BCUT2D eigenvalue weighted by atomic mass is 9.71. The largest absolute Gasteiger partial charge is 0.507 e. The Kier molecular flexibility index (Phi) is 20.1. The maximum absolute atomic E-state index is 13.9. The van der Waals surface area contributed by atoms with Crippen molar-refractivity contribution in [1.29, 1.82) is 0 Å². The van der Waals surface area contributed by atoms with Gasteiger partial charge in [0.05, 0.1) is 36.0 Å². The van der Waals surface area contributed by atoms with Gasteiger partial charge < -0.3 is 59.6 Å². The zero-order chi connectivity index (χ0) is 49.5. The highest BCUT2D eigenvalue weighted by molar-refractivity contribution is 6.31. The Bertz CT molecular complexity index is 2150. The average Bonchev–Trinajstić information content (AvgIpc) is 3.31. The van der Waals surface area contributed by atoms with E-state index in [1.807, 2.05) is 0 Å². The first-order valence-electron chi connectivity index (χ1n) is 23.5. The number of aromatic hydroxyl groups is 2. The summed E-state index contributed by atoms with van der Waals surface area (Å²) in [5.74, 6) is -6.00. The van der Waals surface area contributed by atoms with E-state index in [9.17, 15) is 64.2 Å². The van der Waals surface area contributed by atoms with Crippen LogP contribution in [-0.4, -0.2) is 122 Å². The van der Waals surface area contributed by atoms with Gasteiger partial charge in [0, 0.05) is 74.3 Å². The fourth-order valence-corrected chi connectivity index (χ4v) is 9.14. The van der Waals surface area contributed by atoms with Gasteiger partial charge in [-0.1, -0.05) is 69.6 Å². The summed E-state index contributed by atoms with van der Waals surface area (Å²) in [5, 5.41) is 68.5. The smallest absolute Gasteiger partial charge is 0.313 e. The van der Waals surface area contributed by atoms with Crippen molar-refractivity contribution in [1.82, 2.24) is 5.32 Å². The second kappa shape index (κ2) is 25.5. The molecule has 2 aromatic carbocycles. The molecule has 3 unspecified atom stereocenters. The minimum Gasteiger partial charge on any atom is -0.507 e. The molecule has 0 bridgehead atoms. The summed E-state index contributed by atoms with van der Waals surface area (Å²) in [6.45, 7) is -0.200. The number of ether oxygens (including phenoxy) is 5. The van der Waals surface area contributed by atoms with Crippen LogP contribution >= 0.6 is 0 Å². The summed E-state index contributed by atoms with van der Waals surface area (Å²) in [4.78, 5) is 89.4. The summed E-state index contributed by atoms with van der Waals surface area (Å²) in [6.07, 6.45) is 3.60. The quantitative estimate of drug-likeness (QED) is 0.0196. The fraction of sp³-hybridized carbons (Fsp3) is 0.612. The Balaban J connectivity index is 1.06. The molecule has 3 aliphatic rings. The number of unbranched alkanes of at least 4 members (excludes halogenated alkanes) is 10. The van der Waals surface area contributed by atoms with Gasteiger partial charge in [0.25, 0.3) is 0 Å². The third kappa shape index (κ3) is 13.5. The van der Waals surface area contributed by atoms with Crippen molar-refractivity contribution >= 4 is 41.2 Å². The van der Waals surface area contributed by atoms with Crippen LogP contribution in [0.1, 0.15) is 177 Å². The predicted molar refractivity (Wildman–Crippen MR) is 238 cm³/mol. The Morgan fingerprint density at radius 2 is 1.35 bits per heavy atom. The van der Waals surface area contributed by atoms with Crippen molar-refractivity contribution in [2.24, 2.45) is 0 Å². The molecule has 19 nitrogen and oxygen atoms in total. The van der Waals surface area contributed by atoms with Crippen molar-refractivity contribution < 1.29 is 87.9 Å². The molecule has 1 amide bonds. The highest BCUT2D eigenvalue weighted by atomic mass is 16.7. The van der Waals surface area contributed by atoms with Gasteiger partial charge in [0.1, 0.15) is 29.8 Å². The minimum absolute atomic E-state index is 0.0482. The van der Waals surface area contributed by atoms with Gasteiger partial charge in [0.15, 0.2) is 30.4 Å². The standard InChI is InChI=1S/C49H65NO18/c1-28-44(58)32(50-35(54)18-11-7-3-4-9-13-20-37(56)68-38(57)21-14-10-6-5-8-12-19-36(55)65-27-64-2)22-39(66-28)67-33-24-49(63,34(53)26-52)23-31-41(33)48(62)43-42(46(31)60)45(59)30-17-15-16-29(25-51)40(30)47(43)61/h15-17,28,32-33,39,44,51-52,58,60,62-63H,3-14,18-27H2,1-2H3,(H,50,54)/t28?,32?,33-,39-,44?,49+/m0/s1. The number of phenols is 2. The summed E-state index contributed by atoms with van der Waals surface area (Å²) in [5.41, 5.74) is -4.11. The number of aliphatic hydroxyl groups excluding tert-OH is 3. The number of hydrogen-bond donors (Lipinski definition) is 7. The SMILES string of the molecule is COCOC(=O)CCCCCCCCC(=O)OC(=O)CCCCCCCCC(=O)NC1C[C@H](O[C@H]2C[C@@](O)(C(=O)CO)Cc3c(O)c4c(c(O)c32)C(=O)c2c(CO)cccc2C4=O)OC(C)C1O. The third-order valence-electron chi connectivity index (χ3n) is 12.8. The molecule has 5 rings (SSSR count). The number of rotatable bonds is 26. The van der Waals surface area contributed by atoms with Gasteiger partial charge in [-0.3, -0.25) is 33.6 Å². The van der Waals surface area contributed by atoms with Crippen LogP contribution in [-0.2, 0) is 60.7 Å². The first-order valence-corrected chi connectivity index (χ1v) is 23.5. The molecule has 2 aromatic rings. The first-order chi connectivity index (χ1) is 32.5. The molecule has 1 heterocycles. The number of hydrogen-bond acceptors (Lipinski definition) is 18. The Morgan fingerprint density at radius 3 is 1.94 bits per heavy atom. The number of Topliss-reactive ketones (excluding diaryl/α,β-unsaturated/α-hetero) is 1. The van der Waals surface area contributed by atoms with E-state index in [4.69, 9.17) is 23.7 Å². The highest BCUT2D eigenvalue weighted by Gasteiger charge is 2.50. The van der Waals surface area contributed by atoms with E-state index in [1.54, 1.807) is 6.92 Å². The van der Waals surface area contributed by atoms with E-state index >= 15 is 0 Å². The average molecular weight is 956 g/mol. The molecule has 1 saturated heterocycles. The van der Waals surface area contributed by atoms with E-state index < -0.39 is 114 Å². The van der Waals surface area contributed by atoms with Gasteiger partial charge in [-0.05, 0) is 38.2 Å². The normalized spacial score (nSPS) is 21.9. The van der Waals surface area contributed by atoms with Crippen LogP contribution in [0, 0.1) is 0 Å². The van der Waals surface area contributed by atoms with Crippen LogP contribution < -0.4 is 5.32 Å². The van der Waals surface area contributed by atoms with E-state index in [1.165, 1.54) is 25.3 Å². The van der Waals surface area contributed by atoms with Crippen LogP contribution in [0.4, 0.5) is 0 Å². The molecule has 0 radical (unpaired) electrons. The number of nitrogens with one attached hydrogen (secondary N) is 1. The van der Waals surface area contributed by atoms with Crippen molar-refractivity contribution in [3.05, 3.63) is 57.1 Å². The molecule has 6 atom stereocenters. The predicted octanol–water partition coefficient (Wildman–Crippen LogP) is 4.10. The number of benzene rings is 2. The summed E-state index contributed by atoms with van der Waals surface area (Å²) >= 11 is 0. The molecule has 2 aliphatic carbocycles. The van der Waals surface area contributed by atoms with E-state index in [0.29, 0.717) is 32.1 Å². The van der Waals surface area contributed by atoms with Crippen molar-refractivity contribution in [3.63, 3.8) is 0 Å². The second-order valence-electron chi connectivity index (χ2n) is 17.8. The number of aliphatic hydroxyl groups is 4. The van der Waals surface area contributed by atoms with E-state index in [2.05, 4.69) is 5.32 Å². The van der Waals surface area contributed by atoms with Gasteiger partial charge in [-0.2, -0.15) is 0 Å². The lowest BCUT2D eigenvalue weighted by Crippen LogP contribution is -2.55. The number of amides is 1. The monoisotopic (exact) mass is 955 g/mol. The zero-order valence-electron chi connectivity index (χ0n) is 38.8. The van der Waals surface area contributed by atoms with Gasteiger partial charge in [-0.25, -0.2) is 0 Å². The number of carbonyl (C=O) groups excluding carboxylic acids is 7. The maximum atomic E-state index is 13.9. The van der Waals surface area contributed by atoms with Crippen molar-refractivity contribution in [3.8, 4) is 11.5 Å². The summed E-state index contributed by atoms with van der Waals surface area (Å²) in [6, 6.07) is 3.33. The molecule has 7 N–H and O–H groups in total. The molecule has 374 valence electrons. The fourth-order valence-electron chi connectivity index (χ4n) is 9.14. The Hall–Kier alpha value is -5.15. The molecule has 0 spiro atoms. The topological polar surface area (TPSA) is 299 Å². The van der Waals surface area contributed by atoms with Gasteiger partial charge >= 0.3 is 17.9 Å². The lowest BCUT2D eigenvalue weighted by molar-refractivity contribution is -0.249. The Morgan fingerprint density at radius 1 is 0.779 bits per heavy atom. The molecule has 0 saturated carbocycles. The van der Waals surface area contributed by atoms with Crippen LogP contribution in [0.2, 0.25) is 0 Å². The van der Waals surface area contributed by atoms with Crippen molar-refractivity contribution in [2.75, 3.05) is 20.5 Å². The maximum Gasteiger partial charge on any atom is 0.313 e. The highest BCUT2D eigenvalue weighted by Crippen LogP contribution is 2.52. The number of fused-ring (bicyclic) bond motifs is 3. The molecule has 19 heteroatoms. The van der Waals surface area contributed by atoms with Gasteiger partial charge in [0.2, 0.25) is 5.91 Å². The van der Waals surface area contributed by atoms with Crippen LogP contribution in [0.15, 0.2) is 18.2 Å². The number of ketones is 3. The lowest BCUT2D eigenvalue weighted by Gasteiger charge is -2.43. The van der Waals surface area contributed by atoms with Crippen LogP contribution in [0.3, 0.4) is 0 Å². The second-order valence-corrected chi connectivity index (χ2v) is 17.8. The minimum atomic E-state index is -2.36. The number of esters is 3. The number of carbonyl (C=O) groups is 7. The molecule has 1 fully saturated rings. The van der Waals surface area contributed by atoms with Crippen molar-refractivity contribution in [2.45, 2.75) is 172 Å². The number of methoxy groups -OCH3 is 1.